The summed E-state index contributed by atoms with van der Waals surface area (Å²) in [5, 5.41) is 0.0603. The maximum absolute atomic E-state index is 16.7. The Morgan fingerprint density at radius 3 is 1.92 bits per heavy atom. The van der Waals surface area contributed by atoms with Crippen molar-refractivity contribution in [1.29, 1.82) is 0 Å². The molecule has 1 saturated heterocycles. The van der Waals surface area contributed by atoms with E-state index in [4.69, 9.17) is 32.7 Å². The van der Waals surface area contributed by atoms with E-state index in [0.717, 1.165) is 34.2 Å². The Labute approximate surface area is 364 Å². The number of ether oxygens (including phenoxy) is 5. The van der Waals surface area contributed by atoms with Gasteiger partial charge < -0.3 is 28.2 Å². The van der Waals surface area contributed by atoms with E-state index in [1.54, 1.807) is 119 Å². The molecule has 1 N–H and O–H groups in total. The highest BCUT2D eigenvalue weighted by Crippen LogP contribution is 2.50. The minimum atomic E-state index is -4.57. The van der Waals surface area contributed by atoms with Crippen molar-refractivity contribution in [3.05, 3.63) is 89.0 Å². The number of carbonyl (C=O) groups excluding carboxylic acids is 4. The first-order chi connectivity index (χ1) is 28.7. The van der Waals surface area contributed by atoms with Gasteiger partial charge in [-0.1, -0.05) is 62.4 Å². The summed E-state index contributed by atoms with van der Waals surface area (Å²) >= 11 is 0.778. The summed E-state index contributed by atoms with van der Waals surface area (Å²) in [4.78, 5) is 70.9. The fourth-order valence-electron chi connectivity index (χ4n) is 5.52. The van der Waals surface area contributed by atoms with Gasteiger partial charge >= 0.3 is 37.7 Å². The van der Waals surface area contributed by atoms with Crippen LogP contribution in [0.25, 0.3) is 0 Å². The zero-order chi connectivity index (χ0) is 46.2. The lowest BCUT2D eigenvalue weighted by molar-refractivity contribution is -0.148. The summed E-state index contributed by atoms with van der Waals surface area (Å²) in [6.45, 7) is 16.9. The smallest absolute Gasteiger partial charge is 0.460 e. The molecule has 20 heteroatoms. The molecule has 1 aliphatic heterocycles. The molecular formula is C42H56FN4O13PS. The van der Waals surface area contributed by atoms with Gasteiger partial charge in [0.1, 0.15) is 40.6 Å². The number of halogens is 1. The van der Waals surface area contributed by atoms with E-state index in [1.165, 1.54) is 12.1 Å². The molecule has 1 aliphatic rings. The van der Waals surface area contributed by atoms with E-state index in [1.807, 2.05) is 6.07 Å². The van der Waals surface area contributed by atoms with Crippen LogP contribution in [0.15, 0.2) is 77.7 Å². The van der Waals surface area contributed by atoms with Gasteiger partial charge in [0, 0.05) is 6.20 Å². The van der Waals surface area contributed by atoms with Gasteiger partial charge in [-0.2, -0.15) is 15.0 Å². The van der Waals surface area contributed by atoms with Gasteiger partial charge in [0.05, 0.1) is 11.9 Å². The fraction of sp³-hybridized carbons (Fsp3) is 0.524. The van der Waals surface area contributed by atoms with Gasteiger partial charge in [-0.15, -0.1) is 11.8 Å². The number of carbonyl (C=O) groups is 4. The van der Waals surface area contributed by atoms with Crippen LogP contribution in [-0.4, -0.2) is 80.8 Å². The number of para-hydroxylation sites is 1. The van der Waals surface area contributed by atoms with Crippen LogP contribution in [-0.2, 0) is 44.2 Å². The summed E-state index contributed by atoms with van der Waals surface area (Å²) in [6, 6.07) is 16.8. The molecule has 62 heavy (non-hydrogen) atoms. The van der Waals surface area contributed by atoms with E-state index >= 15 is 4.39 Å². The summed E-state index contributed by atoms with van der Waals surface area (Å²) < 4.78 is 71.2. The molecular weight excluding hydrogens is 851 g/mol. The Morgan fingerprint density at radius 1 is 0.855 bits per heavy atom. The number of hydrogen-bond donors (Lipinski definition) is 1. The third kappa shape index (κ3) is 14.8. The number of benzene rings is 2. The first-order valence-electron chi connectivity index (χ1n) is 19.8. The Hall–Kier alpha value is -4.97. The summed E-state index contributed by atoms with van der Waals surface area (Å²) in [5.41, 5.74) is -3.52. The number of imide groups is 1. The van der Waals surface area contributed by atoms with Gasteiger partial charge in [-0.3, -0.25) is 13.9 Å². The number of anilines is 1. The summed E-state index contributed by atoms with van der Waals surface area (Å²) in [7, 11) is -4.57. The van der Waals surface area contributed by atoms with Gasteiger partial charge in [0.2, 0.25) is 0 Å². The highest BCUT2D eigenvalue weighted by atomic mass is 32.2. The molecule has 0 bridgehead atoms. The average Bonchev–Trinajstić information content (AvgIpc) is 3.44. The van der Waals surface area contributed by atoms with E-state index < -0.39 is 102 Å². The van der Waals surface area contributed by atoms with E-state index in [9.17, 15) is 28.5 Å². The Balaban J connectivity index is 1.67. The number of nitrogens with zero attached hydrogens (tertiary/aromatic N) is 3. The van der Waals surface area contributed by atoms with Crippen LogP contribution in [0.3, 0.4) is 0 Å². The standard InChI is InChI=1S/C42H56FN4O13PS/c1-26(2)32(35(48)54-24-27-18-14-12-15-19-27)45-61(53,60-28-20-16-13-17-21-28)55-25-29-33(56-39(52)59-42(9,10)11)31(43)34(62-29)46-23-22-30(44-36(46)49)47(37(50)57-40(3,4)5)38(51)58-41(6,7)8/h12-23,26,29,31-34H,24-25H2,1-11H3,(H,45,53)/t29-,31+,32+,33-,34-,61?/m1/s1. The molecule has 4 rings (SSSR count). The van der Waals surface area contributed by atoms with Gasteiger partial charge in [-0.25, -0.2) is 28.1 Å². The molecule has 0 radical (unpaired) electrons. The highest BCUT2D eigenvalue weighted by molar-refractivity contribution is 8.00. The Bertz CT molecular complexity index is 2100. The molecule has 0 aliphatic carbocycles. The summed E-state index contributed by atoms with van der Waals surface area (Å²) in [5.74, 6) is -1.61. The fourth-order valence-corrected chi connectivity index (χ4v) is 8.76. The minimum absolute atomic E-state index is 0.0633. The molecule has 1 unspecified atom stereocenters. The molecule has 6 atom stereocenters. The molecule has 0 spiro atoms. The third-order valence-electron chi connectivity index (χ3n) is 8.18. The zero-order valence-corrected chi connectivity index (χ0v) is 38.4. The van der Waals surface area contributed by atoms with Crippen LogP contribution < -0.4 is 20.2 Å². The second-order valence-corrected chi connectivity index (χ2v) is 20.5. The minimum Gasteiger partial charge on any atom is -0.460 e. The van der Waals surface area contributed by atoms with Crippen molar-refractivity contribution >= 4 is 49.6 Å². The van der Waals surface area contributed by atoms with Crippen LogP contribution in [0.5, 0.6) is 5.75 Å². The number of thioether (sulfide) groups is 1. The molecule has 2 aromatic carbocycles. The molecule has 1 aromatic heterocycles. The molecule has 0 saturated carbocycles. The molecule has 1 fully saturated rings. The average molecular weight is 907 g/mol. The lowest BCUT2D eigenvalue weighted by Gasteiger charge is -2.28. The van der Waals surface area contributed by atoms with Crippen molar-refractivity contribution in [3.8, 4) is 5.75 Å². The van der Waals surface area contributed by atoms with Crippen molar-refractivity contribution in [3.63, 3.8) is 0 Å². The predicted molar refractivity (Wildman–Crippen MR) is 228 cm³/mol. The van der Waals surface area contributed by atoms with Gasteiger partial charge in [0.25, 0.3) is 0 Å². The lowest BCUT2D eigenvalue weighted by Crippen LogP contribution is -2.45. The second-order valence-electron chi connectivity index (χ2n) is 17.5. The molecule has 17 nitrogen and oxygen atoms in total. The van der Waals surface area contributed by atoms with Crippen LogP contribution in [0.4, 0.5) is 24.6 Å². The van der Waals surface area contributed by atoms with Crippen LogP contribution in [0.1, 0.15) is 87.1 Å². The number of amides is 2. The molecule has 2 heterocycles. The SMILES string of the molecule is CC(C)[C@H](NP(=O)(OC[C@H]1S[C@@H](n2ccc(N(C(=O)OC(C)(C)C)C(=O)OC(C)(C)C)nc2=O)[C@@H](F)[C@@H]1OC(=O)OC(C)(C)C)Oc1ccccc1)C(=O)OCc1ccccc1. The van der Waals surface area contributed by atoms with Gasteiger partial charge in [-0.05, 0) is 92.0 Å². The zero-order valence-electron chi connectivity index (χ0n) is 36.7. The Morgan fingerprint density at radius 2 is 1.40 bits per heavy atom. The predicted octanol–water partition coefficient (Wildman–Crippen LogP) is 8.75. The molecule has 2 amide bonds. The number of aromatic nitrogens is 2. The van der Waals surface area contributed by atoms with Crippen molar-refractivity contribution in [2.24, 2.45) is 5.92 Å². The van der Waals surface area contributed by atoms with Crippen molar-refractivity contribution < 1.29 is 60.9 Å². The number of hydrogen-bond acceptors (Lipinski definition) is 15. The first-order valence-corrected chi connectivity index (χ1v) is 22.2. The van der Waals surface area contributed by atoms with Crippen LogP contribution in [0.2, 0.25) is 0 Å². The largest absolute Gasteiger partial charge is 0.509 e. The van der Waals surface area contributed by atoms with E-state index in [0.29, 0.717) is 4.90 Å². The Kier molecular flexibility index (Phi) is 16.4. The van der Waals surface area contributed by atoms with Crippen molar-refractivity contribution in [1.82, 2.24) is 14.6 Å². The molecule has 3 aromatic rings. The maximum Gasteiger partial charge on any atom is 0.509 e. The normalized spacial score (nSPS) is 19.4. The van der Waals surface area contributed by atoms with Crippen molar-refractivity contribution in [2.45, 2.75) is 129 Å². The second kappa shape index (κ2) is 20.5. The lowest BCUT2D eigenvalue weighted by atomic mass is 10.1. The number of rotatable bonds is 14. The quantitative estimate of drug-likeness (QED) is 0.0913. The van der Waals surface area contributed by atoms with Crippen molar-refractivity contribution in [2.75, 3.05) is 11.5 Å². The monoisotopic (exact) mass is 906 g/mol. The van der Waals surface area contributed by atoms with E-state index in [2.05, 4.69) is 10.1 Å². The van der Waals surface area contributed by atoms with Crippen LogP contribution in [0, 0.1) is 5.92 Å². The number of alkyl halides is 1. The number of nitrogens with one attached hydrogen (secondary N) is 1. The van der Waals surface area contributed by atoms with E-state index in [-0.39, 0.29) is 12.4 Å². The first kappa shape index (κ1) is 49.7. The topological polar surface area (TPSA) is 200 Å². The summed E-state index contributed by atoms with van der Waals surface area (Å²) in [6.07, 6.45) is -6.31. The highest BCUT2D eigenvalue weighted by Gasteiger charge is 2.51. The third-order valence-corrected chi connectivity index (χ3v) is 11.2. The number of esters is 1. The van der Waals surface area contributed by atoms with Crippen LogP contribution >= 0.6 is 19.5 Å². The molecule has 340 valence electrons. The van der Waals surface area contributed by atoms with Gasteiger partial charge in [0.15, 0.2) is 18.1 Å². The maximum atomic E-state index is 16.7.